The third-order valence-electron chi connectivity index (χ3n) is 6.11. The maximum atomic E-state index is 2.34. The second kappa shape index (κ2) is 5.56. The van der Waals surface area contributed by atoms with Crippen LogP contribution in [0.25, 0.3) is 33.4 Å². The first-order valence-corrected chi connectivity index (χ1v) is 9.88. The Kier molecular flexibility index (Phi) is 3.11. The summed E-state index contributed by atoms with van der Waals surface area (Å²) in [5, 5.41) is 0. The highest BCUT2D eigenvalue weighted by molar-refractivity contribution is 6.18. The molecule has 0 radical (unpaired) electrons. The van der Waals surface area contributed by atoms with Crippen LogP contribution in [0.3, 0.4) is 0 Å². The van der Waals surface area contributed by atoms with E-state index in [9.17, 15) is 0 Å². The highest BCUT2D eigenvalue weighted by Gasteiger charge is 2.32. The van der Waals surface area contributed by atoms with E-state index < -0.39 is 0 Å². The monoisotopic (exact) mass is 356 g/mol. The van der Waals surface area contributed by atoms with E-state index in [2.05, 4.69) is 98.8 Å². The Morgan fingerprint density at radius 3 is 1.14 bits per heavy atom. The summed E-state index contributed by atoms with van der Waals surface area (Å²) in [4.78, 5) is 0. The predicted molar refractivity (Wildman–Crippen MR) is 118 cm³/mol. The van der Waals surface area contributed by atoms with Crippen LogP contribution in [0.4, 0.5) is 0 Å². The van der Waals surface area contributed by atoms with Gasteiger partial charge >= 0.3 is 0 Å². The van der Waals surface area contributed by atoms with Crippen molar-refractivity contribution in [3.63, 3.8) is 0 Å². The van der Waals surface area contributed by atoms with Crippen molar-refractivity contribution in [2.24, 2.45) is 0 Å². The largest absolute Gasteiger partial charge is 0.0616 e. The fourth-order valence-corrected chi connectivity index (χ4v) is 4.90. The molecule has 0 atom stereocenters. The van der Waals surface area contributed by atoms with Gasteiger partial charge in [-0.05, 0) is 69.5 Å². The number of aryl methyl sites for hydroxylation is 2. The Bertz CT molecular complexity index is 1220. The minimum absolute atomic E-state index is 1.31. The maximum absolute atomic E-state index is 2.34. The van der Waals surface area contributed by atoms with Crippen LogP contribution in [-0.2, 0) is 0 Å². The van der Waals surface area contributed by atoms with E-state index in [-0.39, 0.29) is 0 Å². The lowest BCUT2D eigenvalue weighted by Crippen LogP contribution is -1.91. The molecule has 0 saturated carbocycles. The predicted octanol–water partition coefficient (Wildman–Crippen LogP) is 7.27. The van der Waals surface area contributed by atoms with Gasteiger partial charge in [0.2, 0.25) is 0 Å². The van der Waals surface area contributed by atoms with E-state index in [1.165, 1.54) is 66.8 Å². The fraction of sp³-hybridized carbons (Fsp3) is 0.0714. The second-order valence-electron chi connectivity index (χ2n) is 7.94. The molecule has 0 unspecified atom stereocenters. The summed E-state index contributed by atoms with van der Waals surface area (Å²) in [5.74, 6) is 0. The lowest BCUT2D eigenvalue weighted by atomic mass is 9.91. The molecule has 0 saturated heterocycles. The molecule has 0 aromatic heterocycles. The van der Waals surface area contributed by atoms with Crippen molar-refractivity contribution in [1.29, 1.82) is 0 Å². The first-order chi connectivity index (χ1) is 13.7. The number of hydrogen-bond acceptors (Lipinski definition) is 0. The van der Waals surface area contributed by atoms with E-state index in [0.29, 0.717) is 0 Å². The molecular formula is C28H20. The van der Waals surface area contributed by atoms with Crippen LogP contribution in [0.2, 0.25) is 0 Å². The quantitative estimate of drug-likeness (QED) is 0.268. The number of fused-ring (bicyclic) bond motifs is 6. The van der Waals surface area contributed by atoms with E-state index in [0.717, 1.165) is 0 Å². The summed E-state index contributed by atoms with van der Waals surface area (Å²) in [6.07, 6.45) is 0. The van der Waals surface area contributed by atoms with Gasteiger partial charge < -0.3 is 0 Å². The molecule has 0 bridgehead atoms. The van der Waals surface area contributed by atoms with Crippen molar-refractivity contribution in [3.05, 3.63) is 118 Å². The van der Waals surface area contributed by atoms with Crippen molar-refractivity contribution in [2.75, 3.05) is 0 Å². The summed E-state index contributed by atoms with van der Waals surface area (Å²) < 4.78 is 0. The fourth-order valence-electron chi connectivity index (χ4n) is 4.90. The average Bonchev–Trinajstić information content (AvgIpc) is 3.20. The average molecular weight is 356 g/mol. The van der Waals surface area contributed by atoms with E-state index in [4.69, 9.17) is 0 Å². The van der Waals surface area contributed by atoms with E-state index >= 15 is 0 Å². The SMILES string of the molecule is Cc1ccc2c(c1)-c1cc(C)ccc1C2=C1c2ccccc2-c2ccccc21. The molecule has 0 heterocycles. The van der Waals surface area contributed by atoms with Crippen molar-refractivity contribution in [2.45, 2.75) is 13.8 Å². The molecule has 28 heavy (non-hydrogen) atoms. The third-order valence-corrected chi connectivity index (χ3v) is 6.11. The van der Waals surface area contributed by atoms with Crippen molar-refractivity contribution in [3.8, 4) is 22.3 Å². The number of benzene rings is 4. The molecule has 0 fully saturated rings. The molecule has 132 valence electrons. The second-order valence-corrected chi connectivity index (χ2v) is 7.94. The lowest BCUT2D eigenvalue weighted by molar-refractivity contribution is 1.45. The minimum atomic E-state index is 1.31. The first-order valence-electron chi connectivity index (χ1n) is 9.88. The Balaban J connectivity index is 1.80. The van der Waals surface area contributed by atoms with Gasteiger partial charge in [0.05, 0.1) is 0 Å². The number of hydrogen-bond donors (Lipinski definition) is 0. The maximum Gasteiger partial charge on any atom is -0.00139 e. The highest BCUT2D eigenvalue weighted by Crippen LogP contribution is 2.54. The van der Waals surface area contributed by atoms with Crippen molar-refractivity contribution < 1.29 is 0 Å². The van der Waals surface area contributed by atoms with Gasteiger partial charge in [0.1, 0.15) is 0 Å². The van der Waals surface area contributed by atoms with Crippen LogP contribution in [0.5, 0.6) is 0 Å². The molecule has 0 aliphatic heterocycles. The standard InChI is InChI=1S/C28H20/c1-17-11-13-23-25(15-17)26-16-18(2)12-14-24(26)28(23)27-21-9-5-3-7-19(21)20-8-4-6-10-22(20)27/h3-16H,1-2H3. The summed E-state index contributed by atoms with van der Waals surface area (Å²) in [6.45, 7) is 4.36. The van der Waals surface area contributed by atoms with Gasteiger partial charge in [0, 0.05) is 0 Å². The molecule has 2 aliphatic carbocycles. The molecule has 4 aromatic rings. The molecule has 0 nitrogen and oxygen atoms in total. The molecule has 0 N–H and O–H groups in total. The van der Waals surface area contributed by atoms with Gasteiger partial charge in [-0.3, -0.25) is 0 Å². The summed E-state index contributed by atoms with van der Waals surface area (Å²) in [5.41, 5.74) is 16.2. The van der Waals surface area contributed by atoms with Gasteiger partial charge in [0.25, 0.3) is 0 Å². The van der Waals surface area contributed by atoms with Crippen molar-refractivity contribution in [1.82, 2.24) is 0 Å². The van der Waals surface area contributed by atoms with Crippen LogP contribution in [0, 0.1) is 13.8 Å². The van der Waals surface area contributed by atoms with Gasteiger partial charge in [-0.1, -0.05) is 96.1 Å². The van der Waals surface area contributed by atoms with Crippen LogP contribution < -0.4 is 0 Å². The van der Waals surface area contributed by atoms with Crippen LogP contribution in [0.1, 0.15) is 33.4 Å². The molecule has 0 amide bonds. The zero-order valence-corrected chi connectivity index (χ0v) is 16.1. The molecule has 4 aromatic carbocycles. The van der Waals surface area contributed by atoms with Crippen LogP contribution in [0.15, 0.2) is 84.9 Å². The molecular weight excluding hydrogens is 336 g/mol. The molecule has 0 spiro atoms. The van der Waals surface area contributed by atoms with Crippen LogP contribution >= 0.6 is 0 Å². The Morgan fingerprint density at radius 1 is 0.357 bits per heavy atom. The topological polar surface area (TPSA) is 0 Å². The van der Waals surface area contributed by atoms with E-state index in [1.54, 1.807) is 0 Å². The van der Waals surface area contributed by atoms with Crippen LogP contribution in [-0.4, -0.2) is 0 Å². The number of rotatable bonds is 0. The first kappa shape index (κ1) is 15.7. The van der Waals surface area contributed by atoms with Gasteiger partial charge in [-0.2, -0.15) is 0 Å². The van der Waals surface area contributed by atoms with Gasteiger partial charge in [-0.25, -0.2) is 0 Å². The molecule has 6 rings (SSSR count). The summed E-state index contributed by atoms with van der Waals surface area (Å²) in [6, 6.07) is 31.5. The Morgan fingerprint density at radius 2 is 0.714 bits per heavy atom. The third kappa shape index (κ3) is 2.00. The Hall–Kier alpha value is -3.38. The zero-order valence-electron chi connectivity index (χ0n) is 16.1. The van der Waals surface area contributed by atoms with Crippen molar-refractivity contribution >= 4 is 11.1 Å². The molecule has 0 heteroatoms. The summed E-state index contributed by atoms with van der Waals surface area (Å²) >= 11 is 0. The Labute approximate surface area is 165 Å². The summed E-state index contributed by atoms with van der Waals surface area (Å²) in [7, 11) is 0. The zero-order chi connectivity index (χ0) is 18.8. The van der Waals surface area contributed by atoms with Gasteiger partial charge in [0.15, 0.2) is 0 Å². The van der Waals surface area contributed by atoms with E-state index in [1.807, 2.05) is 0 Å². The molecule has 2 aliphatic rings. The highest BCUT2D eigenvalue weighted by atomic mass is 14.3. The van der Waals surface area contributed by atoms with Gasteiger partial charge in [-0.15, -0.1) is 0 Å². The normalized spacial score (nSPS) is 13.2. The lowest BCUT2D eigenvalue weighted by Gasteiger charge is -2.11. The smallest absolute Gasteiger partial charge is 0.00139 e. The minimum Gasteiger partial charge on any atom is -0.0616 e.